The van der Waals surface area contributed by atoms with Gasteiger partial charge in [-0.05, 0) is 18.6 Å². The molecule has 1 aliphatic heterocycles. The first-order valence-corrected chi connectivity index (χ1v) is 8.71. The Morgan fingerprint density at radius 3 is 2.88 bits per heavy atom. The normalized spacial score (nSPS) is 16.4. The third kappa shape index (κ3) is 4.00. The number of benzene rings is 1. The van der Waals surface area contributed by atoms with Crippen molar-refractivity contribution in [2.24, 2.45) is 0 Å². The summed E-state index contributed by atoms with van der Waals surface area (Å²) in [4.78, 5) is 36.7. The summed E-state index contributed by atoms with van der Waals surface area (Å²) in [6, 6.07) is 5.74. The minimum absolute atomic E-state index is 0.186. The zero-order chi connectivity index (χ0) is 17.8. The molecule has 0 aliphatic carbocycles. The Bertz CT molecular complexity index is 820. The van der Waals surface area contributed by atoms with Crippen LogP contribution in [0.5, 0.6) is 0 Å². The monoisotopic (exact) mass is 359 g/mol. The smallest absolute Gasteiger partial charge is 0.254 e. The highest BCUT2D eigenvalue weighted by atomic mass is 32.1. The van der Waals surface area contributed by atoms with E-state index in [9.17, 15) is 14.4 Å². The lowest BCUT2D eigenvalue weighted by atomic mass is 10.1. The van der Waals surface area contributed by atoms with Crippen LogP contribution in [-0.4, -0.2) is 34.0 Å². The number of nitrogens with zero attached hydrogens (tertiary/aromatic N) is 2. The van der Waals surface area contributed by atoms with E-state index in [0.29, 0.717) is 16.4 Å². The van der Waals surface area contributed by atoms with Crippen LogP contribution >= 0.6 is 11.3 Å². The van der Waals surface area contributed by atoms with Gasteiger partial charge in [-0.2, -0.15) is 0 Å². The number of aryl methyl sites for hydroxylation is 1. The highest BCUT2D eigenvalue weighted by Gasteiger charge is 2.29. The van der Waals surface area contributed by atoms with Gasteiger partial charge in [0.2, 0.25) is 16.9 Å². The van der Waals surface area contributed by atoms with E-state index >= 15 is 0 Å². The molecule has 2 aromatic rings. The summed E-state index contributed by atoms with van der Waals surface area (Å²) in [5.41, 5.74) is 0.799. The molecule has 1 aliphatic rings. The van der Waals surface area contributed by atoms with Crippen LogP contribution in [0.3, 0.4) is 0 Å². The van der Waals surface area contributed by atoms with Crippen LogP contribution in [-0.2, 0) is 16.0 Å². The molecule has 0 saturated heterocycles. The van der Waals surface area contributed by atoms with Crippen LogP contribution in [0.25, 0.3) is 0 Å². The van der Waals surface area contributed by atoms with Gasteiger partial charge in [-0.15, -0.1) is 10.2 Å². The number of amides is 3. The molecule has 1 aromatic carbocycles. The van der Waals surface area contributed by atoms with Crippen LogP contribution < -0.4 is 16.0 Å². The minimum Gasteiger partial charge on any atom is -0.340 e. The van der Waals surface area contributed by atoms with E-state index in [2.05, 4.69) is 26.1 Å². The maximum Gasteiger partial charge on any atom is 0.254 e. The molecule has 2 heterocycles. The predicted molar refractivity (Wildman–Crippen MR) is 93.5 cm³/mol. The van der Waals surface area contributed by atoms with Gasteiger partial charge in [-0.1, -0.05) is 30.4 Å². The van der Waals surface area contributed by atoms with Crippen molar-refractivity contribution in [3.05, 3.63) is 34.8 Å². The van der Waals surface area contributed by atoms with Crippen molar-refractivity contribution < 1.29 is 14.4 Å². The molecular weight excluding hydrogens is 342 g/mol. The molecule has 3 rings (SSSR count). The number of hydrogen-bond donors (Lipinski definition) is 3. The molecule has 0 spiro atoms. The highest BCUT2D eigenvalue weighted by molar-refractivity contribution is 7.15. The van der Waals surface area contributed by atoms with Gasteiger partial charge in [-0.3, -0.25) is 14.4 Å². The summed E-state index contributed by atoms with van der Waals surface area (Å²) >= 11 is 1.30. The zero-order valence-corrected chi connectivity index (χ0v) is 14.4. The standard InChI is InChI=1S/C16H17N5O3S/c1-2-5-13-20-21-16(25-13)19-12(22)8-11-15(24)17-10-7-4-3-6-9(10)14(23)18-11/h3-4,6-7,11H,2,5,8H2,1H3,(H,17,24)(H,18,23)(H,19,21,22). The lowest BCUT2D eigenvalue weighted by Gasteiger charge is -2.13. The second-order valence-electron chi connectivity index (χ2n) is 5.56. The summed E-state index contributed by atoms with van der Waals surface area (Å²) < 4.78 is 0. The number of rotatable bonds is 5. The number of fused-ring (bicyclic) bond motifs is 1. The fourth-order valence-corrected chi connectivity index (χ4v) is 3.29. The summed E-state index contributed by atoms with van der Waals surface area (Å²) in [5.74, 6) is -1.24. The number of anilines is 2. The Morgan fingerprint density at radius 1 is 1.28 bits per heavy atom. The van der Waals surface area contributed by atoms with E-state index < -0.39 is 23.8 Å². The molecular formula is C16H17N5O3S. The topological polar surface area (TPSA) is 113 Å². The van der Waals surface area contributed by atoms with Crippen molar-refractivity contribution in [2.45, 2.75) is 32.2 Å². The summed E-state index contributed by atoms with van der Waals surface area (Å²) in [6.45, 7) is 2.03. The molecule has 9 heteroatoms. The third-order valence-corrected chi connectivity index (χ3v) is 4.52. The van der Waals surface area contributed by atoms with Gasteiger partial charge in [0.25, 0.3) is 5.91 Å². The quantitative estimate of drug-likeness (QED) is 0.750. The molecule has 1 aromatic heterocycles. The Kier molecular flexibility index (Phi) is 5.03. The molecule has 0 fully saturated rings. The number of carbonyl (C=O) groups is 3. The van der Waals surface area contributed by atoms with Gasteiger partial charge in [0.15, 0.2) is 0 Å². The summed E-state index contributed by atoms with van der Waals surface area (Å²) in [5, 5.41) is 17.0. The second kappa shape index (κ2) is 7.39. The Morgan fingerprint density at radius 2 is 2.08 bits per heavy atom. The number of carbonyl (C=O) groups excluding carboxylic acids is 3. The van der Waals surface area contributed by atoms with Crippen LogP contribution in [0.1, 0.15) is 35.1 Å². The molecule has 0 bridgehead atoms. The lowest BCUT2D eigenvalue weighted by Crippen LogP contribution is -2.43. The van der Waals surface area contributed by atoms with E-state index in [-0.39, 0.29) is 6.42 Å². The first-order valence-electron chi connectivity index (χ1n) is 7.89. The Labute approximate surface area is 148 Å². The van der Waals surface area contributed by atoms with Gasteiger partial charge in [0.1, 0.15) is 11.0 Å². The lowest BCUT2D eigenvalue weighted by molar-refractivity contribution is -0.122. The zero-order valence-electron chi connectivity index (χ0n) is 13.5. The molecule has 3 N–H and O–H groups in total. The van der Waals surface area contributed by atoms with Crippen molar-refractivity contribution in [1.29, 1.82) is 0 Å². The highest BCUT2D eigenvalue weighted by Crippen LogP contribution is 2.20. The Hall–Kier alpha value is -2.81. The van der Waals surface area contributed by atoms with Crippen molar-refractivity contribution in [3.8, 4) is 0 Å². The first-order chi connectivity index (χ1) is 12.1. The van der Waals surface area contributed by atoms with E-state index in [1.165, 1.54) is 11.3 Å². The average molecular weight is 359 g/mol. The number of nitrogens with one attached hydrogen (secondary N) is 3. The van der Waals surface area contributed by atoms with Crippen LogP contribution in [0.15, 0.2) is 24.3 Å². The molecule has 130 valence electrons. The van der Waals surface area contributed by atoms with Gasteiger partial charge < -0.3 is 16.0 Å². The van der Waals surface area contributed by atoms with Gasteiger partial charge in [0.05, 0.1) is 17.7 Å². The molecule has 1 atom stereocenters. The molecule has 0 saturated carbocycles. The number of aromatic nitrogens is 2. The fourth-order valence-electron chi connectivity index (χ4n) is 2.43. The van der Waals surface area contributed by atoms with Gasteiger partial charge >= 0.3 is 0 Å². The van der Waals surface area contributed by atoms with E-state index in [1.54, 1.807) is 24.3 Å². The van der Waals surface area contributed by atoms with E-state index in [1.807, 2.05) is 6.92 Å². The van der Waals surface area contributed by atoms with Crippen molar-refractivity contribution in [1.82, 2.24) is 15.5 Å². The molecule has 8 nitrogen and oxygen atoms in total. The molecule has 0 radical (unpaired) electrons. The maximum atomic E-state index is 12.3. The number of hydrogen-bond acceptors (Lipinski definition) is 6. The number of para-hydroxylation sites is 1. The van der Waals surface area contributed by atoms with Gasteiger partial charge in [-0.25, -0.2) is 0 Å². The van der Waals surface area contributed by atoms with E-state index in [0.717, 1.165) is 17.8 Å². The second-order valence-corrected chi connectivity index (χ2v) is 6.63. The molecule has 1 unspecified atom stereocenters. The van der Waals surface area contributed by atoms with Crippen LogP contribution in [0, 0.1) is 0 Å². The third-order valence-electron chi connectivity index (χ3n) is 3.62. The van der Waals surface area contributed by atoms with Crippen LogP contribution in [0.2, 0.25) is 0 Å². The Balaban J connectivity index is 1.65. The largest absolute Gasteiger partial charge is 0.340 e. The first kappa shape index (κ1) is 17.0. The maximum absolute atomic E-state index is 12.3. The summed E-state index contributed by atoms with van der Waals surface area (Å²) in [7, 11) is 0. The van der Waals surface area contributed by atoms with Crippen molar-refractivity contribution >= 4 is 39.9 Å². The predicted octanol–water partition coefficient (Wildman–Crippen LogP) is 1.57. The SMILES string of the molecule is CCCc1nnc(NC(=O)CC2NC(=O)c3ccccc3NC2=O)s1. The van der Waals surface area contributed by atoms with Crippen molar-refractivity contribution in [2.75, 3.05) is 10.6 Å². The van der Waals surface area contributed by atoms with Crippen molar-refractivity contribution in [3.63, 3.8) is 0 Å². The van der Waals surface area contributed by atoms with Crippen LogP contribution in [0.4, 0.5) is 10.8 Å². The van der Waals surface area contributed by atoms with E-state index in [4.69, 9.17) is 0 Å². The summed E-state index contributed by atoms with van der Waals surface area (Å²) in [6.07, 6.45) is 1.55. The fraction of sp³-hybridized carbons (Fsp3) is 0.312. The molecule has 25 heavy (non-hydrogen) atoms. The average Bonchev–Trinajstić information content (AvgIpc) is 2.97. The minimum atomic E-state index is -0.956. The molecule has 3 amide bonds. The van der Waals surface area contributed by atoms with Gasteiger partial charge in [0, 0.05) is 6.42 Å².